The molecule has 0 atom stereocenters. The third-order valence-electron chi connectivity index (χ3n) is 9.86. The number of likely N-dealkylation sites (tertiary alicyclic amines) is 1. The third kappa shape index (κ3) is 7.38. The van der Waals surface area contributed by atoms with Crippen LogP contribution in [0.25, 0.3) is 17.2 Å². The van der Waals surface area contributed by atoms with Crippen LogP contribution in [0, 0.1) is 11.8 Å². The number of piperazine rings is 1. The van der Waals surface area contributed by atoms with Gasteiger partial charge in [0.1, 0.15) is 0 Å². The van der Waals surface area contributed by atoms with Crippen LogP contribution in [0.5, 0.6) is 0 Å². The van der Waals surface area contributed by atoms with E-state index in [0.29, 0.717) is 32.1 Å². The summed E-state index contributed by atoms with van der Waals surface area (Å²) in [5.74, 6) is -0.348. The lowest BCUT2D eigenvalue weighted by atomic mass is 9.93. The van der Waals surface area contributed by atoms with Crippen molar-refractivity contribution >= 4 is 35.0 Å². The molecular formula is C34H37ClF3N11O3. The summed E-state index contributed by atoms with van der Waals surface area (Å²) in [6.07, 6.45) is 1.93. The van der Waals surface area contributed by atoms with E-state index in [2.05, 4.69) is 35.6 Å². The molecule has 3 aliphatic heterocycles. The molecule has 6 heterocycles. The van der Waals surface area contributed by atoms with Crippen LogP contribution in [0.15, 0.2) is 49.1 Å². The van der Waals surface area contributed by atoms with Gasteiger partial charge in [0.05, 0.1) is 28.0 Å². The van der Waals surface area contributed by atoms with Crippen molar-refractivity contribution in [1.29, 1.82) is 0 Å². The number of halogens is 4. The molecule has 14 nitrogen and oxygen atoms in total. The summed E-state index contributed by atoms with van der Waals surface area (Å²) in [6, 6.07) is 5.97. The molecule has 7 rings (SSSR count). The van der Waals surface area contributed by atoms with E-state index in [-0.39, 0.29) is 57.0 Å². The Hall–Kier alpha value is -4.87. The zero-order valence-electron chi connectivity index (χ0n) is 28.3. The summed E-state index contributed by atoms with van der Waals surface area (Å²) < 4.78 is 44.1. The van der Waals surface area contributed by atoms with Gasteiger partial charge < -0.3 is 29.9 Å². The lowest BCUT2D eigenvalue weighted by Gasteiger charge is -2.40. The maximum atomic E-state index is 14.0. The molecule has 0 saturated carbocycles. The minimum Gasteiger partial charge on any atom is -0.339 e. The van der Waals surface area contributed by atoms with Crippen molar-refractivity contribution < 1.29 is 27.6 Å². The van der Waals surface area contributed by atoms with Crippen molar-refractivity contribution in [3.05, 3.63) is 71.2 Å². The van der Waals surface area contributed by atoms with Crippen molar-refractivity contribution in [3.8, 4) is 17.2 Å². The first kappa shape index (κ1) is 35.5. The van der Waals surface area contributed by atoms with E-state index in [0.717, 1.165) is 62.6 Å². The fourth-order valence-electron chi connectivity index (χ4n) is 6.87. The molecule has 0 spiro atoms. The molecule has 4 aromatic rings. The summed E-state index contributed by atoms with van der Waals surface area (Å²) in [5, 5.41) is 9.72. The second kappa shape index (κ2) is 14.6. The smallest absolute Gasteiger partial charge is 0.339 e. The van der Waals surface area contributed by atoms with Crippen LogP contribution in [-0.4, -0.2) is 121 Å². The molecule has 0 aliphatic carbocycles. The van der Waals surface area contributed by atoms with Crippen LogP contribution in [0.3, 0.4) is 0 Å². The summed E-state index contributed by atoms with van der Waals surface area (Å²) in [6.45, 7) is 6.75. The first-order chi connectivity index (χ1) is 25.0. The minimum atomic E-state index is -4.81. The number of hydrogen-bond donors (Lipinski definition) is 2. The van der Waals surface area contributed by atoms with Gasteiger partial charge in [-0.3, -0.25) is 14.4 Å². The molecule has 274 valence electrons. The van der Waals surface area contributed by atoms with Crippen LogP contribution >= 0.6 is 11.6 Å². The number of benzene rings is 1. The van der Waals surface area contributed by atoms with Crippen LogP contribution in [0.2, 0.25) is 5.02 Å². The molecule has 3 aliphatic rings. The molecule has 0 unspecified atom stereocenters. The second-order valence-corrected chi connectivity index (χ2v) is 13.7. The van der Waals surface area contributed by atoms with Crippen LogP contribution in [0.1, 0.15) is 39.5 Å². The number of anilines is 1. The van der Waals surface area contributed by atoms with E-state index in [4.69, 9.17) is 11.6 Å². The van der Waals surface area contributed by atoms with Gasteiger partial charge in [0.25, 0.3) is 11.8 Å². The van der Waals surface area contributed by atoms with Crippen LogP contribution < -0.4 is 10.6 Å². The second-order valence-electron chi connectivity index (χ2n) is 13.3. The normalized spacial score (nSPS) is 17.6. The number of amides is 3. The average Bonchev–Trinajstić information content (AvgIpc) is 3.74. The van der Waals surface area contributed by atoms with Gasteiger partial charge in [-0.2, -0.15) is 18.3 Å². The van der Waals surface area contributed by atoms with Crippen molar-refractivity contribution in [1.82, 2.24) is 49.3 Å². The van der Waals surface area contributed by atoms with Gasteiger partial charge in [0.2, 0.25) is 11.9 Å². The standard InChI is InChI=1S/C34H37ClF3N11O3/c1-45-27(25-20-49(33-40-7-2-8-41-33)44-28(25)34(36,37)38)18-42-29(45)30(50)43-23-3-4-24(26(35)15-23)32(52)48-13-11-47(12-14-48)31(51)22-5-9-46(10-6-22)19-21-16-39-17-21/h2-4,7-8,15,18,20-22,39H,5-6,9-14,16-17,19H2,1H3,(H,43,50). The largest absolute Gasteiger partial charge is 0.435 e. The number of rotatable bonds is 8. The predicted octanol–water partition coefficient (Wildman–Crippen LogP) is 3.20. The van der Waals surface area contributed by atoms with Gasteiger partial charge in [-0.15, -0.1) is 0 Å². The molecule has 3 fully saturated rings. The van der Waals surface area contributed by atoms with E-state index < -0.39 is 17.8 Å². The quantitative estimate of drug-likeness (QED) is 0.278. The molecular weight excluding hydrogens is 703 g/mol. The monoisotopic (exact) mass is 739 g/mol. The van der Waals surface area contributed by atoms with Gasteiger partial charge in [-0.05, 0) is 56.1 Å². The highest BCUT2D eigenvalue weighted by atomic mass is 35.5. The number of carbonyl (C=O) groups is 3. The fraction of sp³-hybridized carbons (Fsp3) is 0.441. The maximum Gasteiger partial charge on any atom is 0.435 e. The number of imidazole rings is 1. The molecule has 3 amide bonds. The van der Waals surface area contributed by atoms with Crippen molar-refractivity contribution in [2.45, 2.75) is 19.0 Å². The summed E-state index contributed by atoms with van der Waals surface area (Å²) in [5.41, 5.74) is -1.02. The molecule has 0 radical (unpaired) electrons. The van der Waals surface area contributed by atoms with Crippen LogP contribution in [-0.2, 0) is 18.0 Å². The van der Waals surface area contributed by atoms with E-state index in [1.807, 2.05) is 4.90 Å². The summed E-state index contributed by atoms with van der Waals surface area (Å²) in [4.78, 5) is 57.9. The zero-order valence-corrected chi connectivity index (χ0v) is 29.1. The highest BCUT2D eigenvalue weighted by Crippen LogP contribution is 2.37. The van der Waals surface area contributed by atoms with Gasteiger partial charge in [0, 0.05) is 83.1 Å². The number of aromatic nitrogens is 6. The minimum absolute atomic E-state index is 0.0111. The van der Waals surface area contributed by atoms with Gasteiger partial charge in [-0.25, -0.2) is 19.6 Å². The molecule has 3 saturated heterocycles. The predicted molar refractivity (Wildman–Crippen MR) is 184 cm³/mol. The Morgan fingerprint density at radius 3 is 2.31 bits per heavy atom. The lowest BCUT2D eigenvalue weighted by Crippen LogP contribution is -2.53. The first-order valence-electron chi connectivity index (χ1n) is 17.0. The number of alkyl halides is 3. The highest BCUT2D eigenvalue weighted by molar-refractivity contribution is 6.34. The molecule has 52 heavy (non-hydrogen) atoms. The number of nitrogens with one attached hydrogen (secondary N) is 2. The van der Waals surface area contributed by atoms with E-state index in [1.165, 1.54) is 48.3 Å². The van der Waals surface area contributed by atoms with Gasteiger partial charge >= 0.3 is 6.18 Å². The fourth-order valence-corrected chi connectivity index (χ4v) is 7.13. The number of nitrogens with zero attached hydrogens (tertiary/aromatic N) is 9. The van der Waals surface area contributed by atoms with Crippen molar-refractivity contribution in [2.24, 2.45) is 18.9 Å². The third-order valence-corrected chi connectivity index (χ3v) is 10.2. The van der Waals surface area contributed by atoms with Crippen molar-refractivity contribution in [2.75, 3.05) is 64.2 Å². The van der Waals surface area contributed by atoms with Gasteiger partial charge in [0.15, 0.2) is 11.5 Å². The van der Waals surface area contributed by atoms with Crippen molar-refractivity contribution in [3.63, 3.8) is 0 Å². The Labute approximate surface area is 302 Å². The number of piperidine rings is 1. The summed E-state index contributed by atoms with van der Waals surface area (Å²) in [7, 11) is 1.41. The Kier molecular flexibility index (Phi) is 10.00. The van der Waals surface area contributed by atoms with Crippen LogP contribution in [0.4, 0.5) is 18.9 Å². The Bertz CT molecular complexity index is 1950. The Morgan fingerprint density at radius 2 is 1.67 bits per heavy atom. The first-order valence-corrected chi connectivity index (χ1v) is 17.4. The zero-order chi connectivity index (χ0) is 36.6. The molecule has 3 aromatic heterocycles. The SMILES string of the molecule is Cn1c(-c2cn(-c3ncccn3)nc2C(F)(F)F)cnc1C(=O)Nc1ccc(C(=O)N2CCN(C(=O)C3CCN(CC4CNC4)CC3)CC2)c(Cl)c1. The number of carbonyl (C=O) groups excluding carboxylic acids is 3. The average molecular weight is 740 g/mol. The Morgan fingerprint density at radius 1 is 0.981 bits per heavy atom. The molecule has 2 N–H and O–H groups in total. The van der Waals surface area contributed by atoms with Gasteiger partial charge in [-0.1, -0.05) is 11.6 Å². The number of hydrogen-bond acceptors (Lipinski definition) is 9. The molecule has 0 bridgehead atoms. The summed E-state index contributed by atoms with van der Waals surface area (Å²) >= 11 is 6.52. The highest BCUT2D eigenvalue weighted by Gasteiger charge is 2.39. The topological polar surface area (TPSA) is 146 Å². The lowest BCUT2D eigenvalue weighted by molar-refractivity contribution is -0.141. The Balaban J connectivity index is 0.958. The maximum absolute atomic E-state index is 14.0. The van der Waals surface area contributed by atoms with E-state index >= 15 is 0 Å². The molecule has 1 aromatic carbocycles. The molecule has 18 heteroatoms. The van der Waals surface area contributed by atoms with E-state index in [9.17, 15) is 27.6 Å². The van der Waals surface area contributed by atoms with E-state index in [1.54, 1.807) is 4.90 Å².